The topological polar surface area (TPSA) is 26.3 Å². The van der Waals surface area contributed by atoms with Crippen LogP contribution in [0.1, 0.15) is 29.9 Å². The van der Waals surface area contributed by atoms with Crippen molar-refractivity contribution in [3.05, 3.63) is 20.8 Å². The van der Waals surface area contributed by atoms with E-state index in [0.717, 1.165) is 9.35 Å². The third kappa shape index (κ3) is 2.90. The number of ketones is 1. The van der Waals surface area contributed by atoms with E-state index < -0.39 is 0 Å². The van der Waals surface area contributed by atoms with Gasteiger partial charge in [0, 0.05) is 18.0 Å². The average molecular weight is 277 g/mol. The van der Waals surface area contributed by atoms with E-state index in [9.17, 15) is 4.79 Å². The van der Waals surface area contributed by atoms with Crippen LogP contribution in [0.25, 0.3) is 0 Å². The lowest BCUT2D eigenvalue weighted by Gasteiger charge is -2.21. The Morgan fingerprint density at radius 2 is 2.29 bits per heavy atom. The molecule has 0 aromatic carbocycles. The van der Waals surface area contributed by atoms with Crippen LogP contribution in [0.2, 0.25) is 0 Å². The van der Waals surface area contributed by atoms with Crippen molar-refractivity contribution in [3.63, 3.8) is 0 Å². The van der Waals surface area contributed by atoms with E-state index in [1.807, 2.05) is 25.3 Å². The van der Waals surface area contributed by atoms with Crippen LogP contribution in [0.5, 0.6) is 0 Å². The minimum Gasteiger partial charge on any atom is -0.378 e. The maximum Gasteiger partial charge on any atom is 0.176 e. The summed E-state index contributed by atoms with van der Waals surface area (Å²) in [5.41, 5.74) is -0.388. The first-order valence-corrected chi connectivity index (χ1v) is 5.95. The van der Waals surface area contributed by atoms with Gasteiger partial charge < -0.3 is 4.74 Å². The molecule has 0 unspecified atom stereocenters. The van der Waals surface area contributed by atoms with E-state index in [1.54, 1.807) is 7.11 Å². The van der Waals surface area contributed by atoms with Gasteiger partial charge in [0.05, 0.1) is 10.5 Å². The minimum atomic E-state index is -0.388. The molecule has 2 nitrogen and oxygen atoms in total. The Morgan fingerprint density at radius 1 is 1.64 bits per heavy atom. The predicted octanol–water partition coefficient (Wildman–Crippen LogP) is 3.51. The third-order valence-electron chi connectivity index (χ3n) is 2.01. The summed E-state index contributed by atoms with van der Waals surface area (Å²) in [6.45, 7) is 3.82. The normalized spacial score (nSPS) is 11.7. The Morgan fingerprint density at radius 3 is 2.71 bits per heavy atom. The lowest BCUT2D eigenvalue weighted by atomic mass is 10.0. The molecule has 14 heavy (non-hydrogen) atoms. The highest BCUT2D eigenvalue weighted by Gasteiger charge is 2.23. The minimum absolute atomic E-state index is 0.124. The summed E-state index contributed by atoms with van der Waals surface area (Å²) in [6, 6.07) is 1.89. The van der Waals surface area contributed by atoms with Crippen molar-refractivity contribution in [2.75, 3.05) is 7.11 Å². The molecule has 0 saturated carbocycles. The number of carbonyl (C=O) groups is 1. The van der Waals surface area contributed by atoms with Crippen LogP contribution >= 0.6 is 27.3 Å². The quantitative estimate of drug-likeness (QED) is 0.787. The third-order valence-corrected chi connectivity index (χ3v) is 3.89. The molecule has 1 aromatic rings. The van der Waals surface area contributed by atoms with Crippen LogP contribution in [0.15, 0.2) is 15.9 Å². The summed E-state index contributed by atoms with van der Waals surface area (Å²) in [5.74, 6) is 0.124. The summed E-state index contributed by atoms with van der Waals surface area (Å²) >= 11 is 4.80. The molecule has 0 spiro atoms. The average Bonchev–Trinajstić information content (AvgIpc) is 2.51. The molecule has 0 aliphatic carbocycles. The molecule has 0 bridgehead atoms. The first-order chi connectivity index (χ1) is 6.46. The molecule has 0 atom stereocenters. The first-order valence-electron chi connectivity index (χ1n) is 4.27. The van der Waals surface area contributed by atoms with Crippen molar-refractivity contribution in [2.45, 2.75) is 25.9 Å². The molecule has 0 fully saturated rings. The van der Waals surface area contributed by atoms with E-state index in [-0.39, 0.29) is 11.4 Å². The standard InChI is InChI=1S/C10H13BrO2S/c1-10(2,13-3)6-8(12)9-7(11)4-5-14-9/h4-5H,6H2,1-3H3. The Labute approximate surface area is 96.4 Å². The number of methoxy groups -OCH3 is 1. The van der Waals surface area contributed by atoms with Crippen LogP contribution in [0, 0.1) is 0 Å². The molecule has 0 N–H and O–H groups in total. The fraction of sp³-hybridized carbons (Fsp3) is 0.500. The Hall–Kier alpha value is -0.190. The molecule has 0 radical (unpaired) electrons. The highest BCUT2D eigenvalue weighted by atomic mass is 79.9. The molecule has 0 saturated heterocycles. The zero-order chi connectivity index (χ0) is 10.8. The number of ether oxygens (including phenoxy) is 1. The highest BCUT2D eigenvalue weighted by molar-refractivity contribution is 9.10. The van der Waals surface area contributed by atoms with Gasteiger partial charge in [-0.15, -0.1) is 11.3 Å². The summed E-state index contributed by atoms with van der Waals surface area (Å²) in [7, 11) is 1.62. The lowest BCUT2D eigenvalue weighted by molar-refractivity contribution is 0.0173. The number of halogens is 1. The fourth-order valence-corrected chi connectivity index (χ4v) is 2.56. The van der Waals surface area contributed by atoms with Gasteiger partial charge in [-0.25, -0.2) is 0 Å². The summed E-state index contributed by atoms with van der Waals surface area (Å²) in [6.07, 6.45) is 0.405. The molecular weight excluding hydrogens is 264 g/mol. The number of carbonyl (C=O) groups excluding carboxylic acids is 1. The number of rotatable bonds is 4. The van der Waals surface area contributed by atoms with E-state index in [1.165, 1.54) is 11.3 Å². The van der Waals surface area contributed by atoms with Gasteiger partial charge in [0.1, 0.15) is 0 Å². The molecule has 0 aliphatic rings. The van der Waals surface area contributed by atoms with E-state index >= 15 is 0 Å². The second-order valence-corrected chi connectivity index (χ2v) is 5.43. The maximum atomic E-state index is 11.8. The first kappa shape index (κ1) is 11.9. The molecule has 0 aliphatic heterocycles. The van der Waals surface area contributed by atoms with Gasteiger partial charge in [0.2, 0.25) is 0 Å². The van der Waals surface area contributed by atoms with Crippen molar-refractivity contribution in [1.82, 2.24) is 0 Å². The van der Waals surface area contributed by atoms with Crippen LogP contribution in [-0.4, -0.2) is 18.5 Å². The van der Waals surface area contributed by atoms with Gasteiger partial charge in [-0.3, -0.25) is 4.79 Å². The molecular formula is C10H13BrO2S. The van der Waals surface area contributed by atoms with Gasteiger partial charge in [-0.2, -0.15) is 0 Å². The van der Waals surface area contributed by atoms with Crippen molar-refractivity contribution >= 4 is 33.0 Å². The van der Waals surface area contributed by atoms with E-state index in [2.05, 4.69) is 15.9 Å². The fourth-order valence-electron chi connectivity index (χ4n) is 1.03. The molecule has 1 aromatic heterocycles. The molecule has 4 heteroatoms. The molecule has 1 heterocycles. The SMILES string of the molecule is COC(C)(C)CC(=O)c1sccc1Br. The Kier molecular flexibility index (Phi) is 3.86. The number of hydrogen-bond acceptors (Lipinski definition) is 3. The summed E-state index contributed by atoms with van der Waals surface area (Å²) in [5, 5.41) is 1.90. The van der Waals surface area contributed by atoms with Gasteiger partial charge in [-0.1, -0.05) is 0 Å². The van der Waals surface area contributed by atoms with Crippen molar-refractivity contribution in [3.8, 4) is 0 Å². The van der Waals surface area contributed by atoms with E-state index in [0.29, 0.717) is 6.42 Å². The summed E-state index contributed by atoms with van der Waals surface area (Å²) < 4.78 is 6.09. The van der Waals surface area contributed by atoms with Crippen molar-refractivity contribution < 1.29 is 9.53 Å². The Bertz CT molecular complexity index is 331. The van der Waals surface area contributed by atoms with Crippen LogP contribution < -0.4 is 0 Å². The second-order valence-electron chi connectivity index (χ2n) is 3.66. The monoisotopic (exact) mass is 276 g/mol. The number of hydrogen-bond donors (Lipinski definition) is 0. The zero-order valence-electron chi connectivity index (χ0n) is 8.46. The van der Waals surface area contributed by atoms with E-state index in [4.69, 9.17) is 4.74 Å². The Balaban J connectivity index is 2.73. The van der Waals surface area contributed by atoms with Crippen LogP contribution in [0.4, 0.5) is 0 Å². The number of Topliss-reactive ketones (excluding diaryl/α,β-unsaturated/α-hetero) is 1. The van der Waals surface area contributed by atoms with Gasteiger partial charge in [-0.05, 0) is 41.2 Å². The maximum absolute atomic E-state index is 11.8. The largest absolute Gasteiger partial charge is 0.378 e. The molecule has 78 valence electrons. The van der Waals surface area contributed by atoms with Crippen LogP contribution in [0.3, 0.4) is 0 Å². The van der Waals surface area contributed by atoms with Crippen molar-refractivity contribution in [2.24, 2.45) is 0 Å². The second kappa shape index (κ2) is 4.55. The van der Waals surface area contributed by atoms with Gasteiger partial charge in [0.15, 0.2) is 5.78 Å². The number of thiophene rings is 1. The lowest BCUT2D eigenvalue weighted by Crippen LogP contribution is -2.26. The predicted molar refractivity (Wildman–Crippen MR) is 62.1 cm³/mol. The van der Waals surface area contributed by atoms with Crippen molar-refractivity contribution in [1.29, 1.82) is 0 Å². The molecule has 1 rings (SSSR count). The summed E-state index contributed by atoms with van der Waals surface area (Å²) in [4.78, 5) is 12.6. The zero-order valence-corrected chi connectivity index (χ0v) is 10.9. The smallest absolute Gasteiger partial charge is 0.176 e. The van der Waals surface area contributed by atoms with Gasteiger partial charge in [0.25, 0.3) is 0 Å². The van der Waals surface area contributed by atoms with Gasteiger partial charge >= 0.3 is 0 Å². The highest BCUT2D eigenvalue weighted by Crippen LogP contribution is 2.26. The van der Waals surface area contributed by atoms with Crippen LogP contribution in [-0.2, 0) is 4.74 Å². The molecule has 0 amide bonds.